The second kappa shape index (κ2) is 10.5. The fraction of sp³-hybridized carbons (Fsp3) is 0.250. The topological polar surface area (TPSA) is 78.6 Å². The molecule has 1 aliphatic rings. The van der Waals surface area contributed by atoms with Crippen LogP contribution in [0.1, 0.15) is 27.3 Å². The van der Waals surface area contributed by atoms with Gasteiger partial charge in [-0.15, -0.1) is 0 Å². The molecule has 0 radical (unpaired) electrons. The first-order valence-electron chi connectivity index (χ1n) is 11.6. The third kappa shape index (κ3) is 5.01. The molecule has 1 fully saturated rings. The first-order chi connectivity index (χ1) is 17.3. The monoisotopic (exact) mass is 486 g/mol. The molecule has 2 aromatic carbocycles. The largest absolute Gasteiger partial charge is 0.497 e. The van der Waals surface area contributed by atoms with E-state index in [0.29, 0.717) is 31.7 Å². The highest BCUT2D eigenvalue weighted by Crippen LogP contribution is 2.25. The zero-order chi connectivity index (χ0) is 25.8. The zero-order valence-electron chi connectivity index (χ0n) is 20.5. The molecule has 0 bridgehead atoms. The van der Waals surface area contributed by atoms with Crippen LogP contribution in [0.25, 0.3) is 11.8 Å². The number of nitriles is 1. The van der Waals surface area contributed by atoms with Gasteiger partial charge >= 0.3 is 0 Å². The molecule has 1 saturated heterocycles. The number of ether oxygens (including phenoxy) is 1. The Kier molecular flexibility index (Phi) is 7.20. The normalized spacial score (nSPS) is 13.9. The number of nitrogens with zero attached hydrogens (tertiary/aromatic N) is 4. The number of amides is 2. The second-order valence-corrected chi connectivity index (χ2v) is 8.62. The van der Waals surface area contributed by atoms with Gasteiger partial charge in [-0.05, 0) is 80.1 Å². The average Bonchev–Trinajstić information content (AvgIpc) is 3.19. The van der Waals surface area contributed by atoms with Crippen LogP contribution in [-0.4, -0.2) is 59.5 Å². The smallest absolute Gasteiger partial charge is 0.264 e. The molecule has 0 saturated carbocycles. The van der Waals surface area contributed by atoms with Crippen LogP contribution in [0.4, 0.5) is 4.39 Å². The van der Waals surface area contributed by atoms with Crippen LogP contribution in [0, 0.1) is 31.0 Å². The van der Waals surface area contributed by atoms with E-state index in [2.05, 4.69) is 10.6 Å². The standard InChI is InChI=1S/C28H27FN4O3/c1-19-16-22(20(2)33(19)25-8-10-26(36-3)11-9-25)17-23(18-30)28(35)32-14-12-31(13-15-32)27(34)21-4-6-24(29)7-5-21/h4-11,16-17H,12-15H2,1-3H3/b23-17+. The third-order valence-corrected chi connectivity index (χ3v) is 6.40. The van der Waals surface area contributed by atoms with Crippen LogP contribution < -0.4 is 4.74 Å². The van der Waals surface area contributed by atoms with E-state index in [1.54, 1.807) is 23.0 Å². The molecule has 0 spiro atoms. The highest BCUT2D eigenvalue weighted by atomic mass is 19.1. The molecule has 0 aliphatic carbocycles. The summed E-state index contributed by atoms with van der Waals surface area (Å²) >= 11 is 0. The van der Waals surface area contributed by atoms with Gasteiger partial charge in [0.1, 0.15) is 23.2 Å². The maximum atomic E-state index is 13.2. The molecule has 7 nitrogen and oxygen atoms in total. The van der Waals surface area contributed by atoms with E-state index in [9.17, 15) is 19.2 Å². The Morgan fingerprint density at radius 3 is 2.17 bits per heavy atom. The van der Waals surface area contributed by atoms with E-state index in [1.165, 1.54) is 24.3 Å². The quantitative estimate of drug-likeness (QED) is 0.401. The van der Waals surface area contributed by atoms with E-state index in [0.717, 1.165) is 28.4 Å². The van der Waals surface area contributed by atoms with E-state index in [1.807, 2.05) is 44.2 Å². The number of carbonyl (C=O) groups is 2. The molecule has 184 valence electrons. The van der Waals surface area contributed by atoms with Crippen molar-refractivity contribution in [3.63, 3.8) is 0 Å². The van der Waals surface area contributed by atoms with Crippen LogP contribution in [-0.2, 0) is 4.79 Å². The van der Waals surface area contributed by atoms with Crippen LogP contribution in [0.3, 0.4) is 0 Å². The van der Waals surface area contributed by atoms with Gasteiger partial charge in [-0.2, -0.15) is 5.26 Å². The first kappa shape index (κ1) is 24.7. The van der Waals surface area contributed by atoms with Crippen LogP contribution in [0.5, 0.6) is 5.75 Å². The molecule has 0 atom stereocenters. The molecular weight excluding hydrogens is 459 g/mol. The molecule has 0 N–H and O–H groups in total. The summed E-state index contributed by atoms with van der Waals surface area (Å²) in [5.41, 5.74) is 4.08. The van der Waals surface area contributed by atoms with E-state index < -0.39 is 5.82 Å². The minimum absolute atomic E-state index is 0.0447. The number of hydrogen-bond acceptors (Lipinski definition) is 4. The van der Waals surface area contributed by atoms with Gasteiger partial charge in [0, 0.05) is 48.8 Å². The molecule has 2 heterocycles. The lowest BCUT2D eigenvalue weighted by atomic mass is 10.1. The second-order valence-electron chi connectivity index (χ2n) is 8.62. The van der Waals surface area contributed by atoms with Crippen molar-refractivity contribution in [2.24, 2.45) is 0 Å². The predicted molar refractivity (Wildman–Crippen MR) is 134 cm³/mol. The number of aromatic nitrogens is 1. The van der Waals surface area contributed by atoms with E-state index in [4.69, 9.17) is 4.74 Å². The molecule has 8 heteroatoms. The minimum atomic E-state index is -0.400. The maximum Gasteiger partial charge on any atom is 0.264 e. The summed E-state index contributed by atoms with van der Waals surface area (Å²) in [5, 5.41) is 9.76. The van der Waals surface area contributed by atoms with Crippen LogP contribution in [0.2, 0.25) is 0 Å². The third-order valence-electron chi connectivity index (χ3n) is 6.40. The fourth-order valence-corrected chi connectivity index (χ4v) is 4.42. The molecule has 0 unspecified atom stereocenters. The van der Waals surface area contributed by atoms with Crippen molar-refractivity contribution in [1.29, 1.82) is 5.26 Å². The van der Waals surface area contributed by atoms with Crippen molar-refractivity contribution in [3.8, 4) is 17.5 Å². The van der Waals surface area contributed by atoms with Gasteiger partial charge in [0.05, 0.1) is 7.11 Å². The number of aryl methyl sites for hydroxylation is 1. The Bertz CT molecular complexity index is 1340. The van der Waals surface area contributed by atoms with Gasteiger partial charge in [-0.1, -0.05) is 0 Å². The van der Waals surface area contributed by atoms with Gasteiger partial charge in [-0.25, -0.2) is 4.39 Å². The number of rotatable bonds is 5. The number of piperazine rings is 1. The molecule has 3 aromatic rings. The lowest BCUT2D eigenvalue weighted by molar-refractivity contribution is -0.128. The summed E-state index contributed by atoms with van der Waals surface area (Å²) in [6.45, 7) is 5.23. The number of halogens is 1. The highest BCUT2D eigenvalue weighted by Gasteiger charge is 2.27. The SMILES string of the molecule is COc1ccc(-n2c(C)cc(/C=C(\C#N)C(=O)N3CCN(C(=O)c4ccc(F)cc4)CC3)c2C)cc1. The molecule has 1 aromatic heterocycles. The van der Waals surface area contributed by atoms with Crippen molar-refractivity contribution in [2.75, 3.05) is 33.3 Å². The zero-order valence-corrected chi connectivity index (χ0v) is 20.5. The number of methoxy groups -OCH3 is 1. The van der Waals surface area contributed by atoms with Gasteiger partial charge in [0.15, 0.2) is 0 Å². The summed E-state index contributed by atoms with van der Waals surface area (Å²) in [5.74, 6) is -0.203. The Balaban J connectivity index is 1.48. The summed E-state index contributed by atoms with van der Waals surface area (Å²) in [6.07, 6.45) is 1.63. The predicted octanol–water partition coefficient (Wildman–Crippen LogP) is 4.13. The van der Waals surface area contributed by atoms with Crippen molar-refractivity contribution >= 4 is 17.9 Å². The van der Waals surface area contributed by atoms with Gasteiger partial charge < -0.3 is 19.1 Å². The van der Waals surface area contributed by atoms with Gasteiger partial charge in [0.25, 0.3) is 11.8 Å². The maximum absolute atomic E-state index is 13.2. The summed E-state index contributed by atoms with van der Waals surface area (Å²) < 4.78 is 20.5. The van der Waals surface area contributed by atoms with E-state index >= 15 is 0 Å². The molecule has 2 amide bonds. The summed E-state index contributed by atoms with van der Waals surface area (Å²) in [4.78, 5) is 29.0. The fourth-order valence-electron chi connectivity index (χ4n) is 4.42. The Hall–Kier alpha value is -4.38. The lowest BCUT2D eigenvalue weighted by Crippen LogP contribution is -2.50. The number of carbonyl (C=O) groups excluding carboxylic acids is 2. The number of benzene rings is 2. The van der Waals surface area contributed by atoms with Gasteiger partial charge in [-0.3, -0.25) is 9.59 Å². The summed E-state index contributed by atoms with van der Waals surface area (Å²) in [7, 11) is 1.62. The van der Waals surface area contributed by atoms with Crippen molar-refractivity contribution < 1.29 is 18.7 Å². The molecule has 1 aliphatic heterocycles. The van der Waals surface area contributed by atoms with Crippen molar-refractivity contribution in [2.45, 2.75) is 13.8 Å². The Morgan fingerprint density at radius 1 is 0.972 bits per heavy atom. The molecule has 36 heavy (non-hydrogen) atoms. The average molecular weight is 487 g/mol. The lowest BCUT2D eigenvalue weighted by Gasteiger charge is -2.34. The minimum Gasteiger partial charge on any atom is -0.497 e. The number of hydrogen-bond donors (Lipinski definition) is 0. The van der Waals surface area contributed by atoms with E-state index in [-0.39, 0.29) is 17.4 Å². The molecule has 4 rings (SSSR count). The summed E-state index contributed by atoms with van der Waals surface area (Å²) in [6, 6.07) is 17.1. The van der Waals surface area contributed by atoms with Crippen molar-refractivity contribution in [3.05, 3.63) is 88.5 Å². The Morgan fingerprint density at radius 2 is 1.58 bits per heavy atom. The van der Waals surface area contributed by atoms with Crippen LogP contribution >= 0.6 is 0 Å². The first-order valence-corrected chi connectivity index (χ1v) is 11.6. The Labute approximate surface area is 209 Å². The van der Waals surface area contributed by atoms with Crippen molar-refractivity contribution in [1.82, 2.24) is 14.4 Å². The highest BCUT2D eigenvalue weighted by molar-refractivity contribution is 6.02. The van der Waals surface area contributed by atoms with Crippen LogP contribution in [0.15, 0.2) is 60.2 Å². The van der Waals surface area contributed by atoms with Gasteiger partial charge in [0.2, 0.25) is 0 Å². The molecular formula is C28H27FN4O3.